The second kappa shape index (κ2) is 6.63. The molecule has 1 N–H and O–H groups in total. The molecule has 2 aromatic heterocycles. The molecule has 6 heteroatoms. The first-order chi connectivity index (χ1) is 11.7. The number of thiocarbonyl (C=S) groups is 1. The number of hydrogen-bond donors (Lipinski definition) is 1. The Bertz CT molecular complexity index is 851. The van der Waals surface area contributed by atoms with Crippen molar-refractivity contribution < 1.29 is 0 Å². The highest BCUT2D eigenvalue weighted by atomic mass is 79.9. The summed E-state index contributed by atoms with van der Waals surface area (Å²) in [5.41, 5.74) is 2.08. The lowest BCUT2D eigenvalue weighted by Gasteiger charge is -2.26. The molecule has 3 heterocycles. The van der Waals surface area contributed by atoms with E-state index in [1.54, 1.807) is 11.3 Å². The highest BCUT2D eigenvalue weighted by Gasteiger charge is 2.41. The van der Waals surface area contributed by atoms with E-state index in [4.69, 9.17) is 12.2 Å². The van der Waals surface area contributed by atoms with Gasteiger partial charge in [-0.05, 0) is 64.5 Å². The van der Waals surface area contributed by atoms with Gasteiger partial charge in [-0.2, -0.15) is 0 Å². The van der Waals surface area contributed by atoms with Gasteiger partial charge in [-0.15, -0.1) is 11.3 Å². The van der Waals surface area contributed by atoms with Crippen LogP contribution in [-0.2, 0) is 0 Å². The van der Waals surface area contributed by atoms with Crippen LogP contribution in [0.15, 0.2) is 70.6 Å². The minimum Gasteiger partial charge on any atom is -0.351 e. The summed E-state index contributed by atoms with van der Waals surface area (Å²) in [6.45, 7) is 0. The molecule has 3 nitrogen and oxygen atoms in total. The number of nitrogens with zero attached hydrogens (tertiary/aromatic N) is 2. The van der Waals surface area contributed by atoms with Gasteiger partial charge in [0.2, 0.25) is 0 Å². The fraction of sp³-hybridized carbons (Fsp3) is 0.111. The quantitative estimate of drug-likeness (QED) is 0.603. The van der Waals surface area contributed by atoms with Crippen LogP contribution in [0.2, 0.25) is 0 Å². The molecule has 4 rings (SSSR count). The van der Waals surface area contributed by atoms with Gasteiger partial charge in [-0.3, -0.25) is 4.98 Å². The second-order valence-corrected chi connectivity index (χ2v) is 8.36. The van der Waals surface area contributed by atoms with Crippen molar-refractivity contribution in [2.45, 2.75) is 12.1 Å². The maximum absolute atomic E-state index is 5.66. The third-order valence-corrected chi connectivity index (χ3v) is 6.03. The summed E-state index contributed by atoms with van der Waals surface area (Å²) < 4.78 is 1.11. The summed E-state index contributed by atoms with van der Waals surface area (Å²) in [7, 11) is 0. The predicted octanol–water partition coefficient (Wildman–Crippen LogP) is 5.08. The molecule has 0 radical (unpaired) electrons. The number of halogens is 1. The van der Waals surface area contributed by atoms with Gasteiger partial charge in [0.05, 0.1) is 21.6 Å². The first-order valence-corrected chi connectivity index (χ1v) is 9.57. The van der Waals surface area contributed by atoms with E-state index >= 15 is 0 Å². The lowest BCUT2D eigenvalue weighted by Crippen LogP contribution is -2.28. The molecule has 0 spiro atoms. The molecule has 1 fully saturated rings. The van der Waals surface area contributed by atoms with E-state index in [1.807, 2.05) is 42.6 Å². The predicted molar refractivity (Wildman–Crippen MR) is 106 cm³/mol. The van der Waals surface area contributed by atoms with Crippen LogP contribution in [0, 0.1) is 0 Å². The molecule has 1 aliphatic heterocycles. The monoisotopic (exact) mass is 415 g/mol. The van der Waals surface area contributed by atoms with E-state index in [0.29, 0.717) is 0 Å². The summed E-state index contributed by atoms with van der Waals surface area (Å²) in [4.78, 5) is 7.98. The van der Waals surface area contributed by atoms with Gasteiger partial charge in [0, 0.05) is 16.8 Å². The highest BCUT2D eigenvalue weighted by Crippen LogP contribution is 2.44. The number of nitrogens with one attached hydrogen (secondary N) is 1. The third kappa shape index (κ3) is 2.85. The Morgan fingerprint density at radius 3 is 2.50 bits per heavy atom. The van der Waals surface area contributed by atoms with Crippen LogP contribution in [0.1, 0.15) is 22.7 Å². The van der Waals surface area contributed by atoms with E-state index in [0.717, 1.165) is 20.3 Å². The summed E-state index contributed by atoms with van der Waals surface area (Å²) >= 11 is 11.0. The molecule has 2 atom stereocenters. The zero-order valence-corrected chi connectivity index (χ0v) is 15.8. The van der Waals surface area contributed by atoms with Crippen LogP contribution in [0.3, 0.4) is 0 Å². The Balaban J connectivity index is 1.82. The fourth-order valence-electron chi connectivity index (χ4n) is 3.00. The normalized spacial score (nSPS) is 20.2. The van der Waals surface area contributed by atoms with Crippen molar-refractivity contribution in [3.05, 3.63) is 81.2 Å². The van der Waals surface area contributed by atoms with Crippen LogP contribution in [-0.4, -0.2) is 10.1 Å². The van der Waals surface area contributed by atoms with Gasteiger partial charge in [0.15, 0.2) is 5.11 Å². The molecule has 120 valence electrons. The maximum Gasteiger partial charge on any atom is 0.174 e. The Labute approximate surface area is 158 Å². The smallest absolute Gasteiger partial charge is 0.174 e. The number of anilines is 1. The van der Waals surface area contributed by atoms with Gasteiger partial charge in [0.1, 0.15) is 0 Å². The topological polar surface area (TPSA) is 28.2 Å². The molecule has 0 saturated carbocycles. The third-order valence-electron chi connectivity index (χ3n) is 4.02. The molecule has 0 amide bonds. The summed E-state index contributed by atoms with van der Waals surface area (Å²) in [5.74, 6) is 0. The lowest BCUT2D eigenvalue weighted by atomic mass is 10.0. The van der Waals surface area contributed by atoms with Crippen LogP contribution in [0.4, 0.5) is 5.69 Å². The second-order valence-electron chi connectivity index (χ2n) is 5.47. The van der Waals surface area contributed by atoms with Gasteiger partial charge in [-0.1, -0.05) is 24.3 Å². The number of aromatic nitrogens is 1. The van der Waals surface area contributed by atoms with Gasteiger partial charge in [-0.25, -0.2) is 0 Å². The summed E-state index contributed by atoms with van der Waals surface area (Å²) in [6, 6.07) is 20.6. The van der Waals surface area contributed by atoms with Crippen molar-refractivity contribution in [1.29, 1.82) is 0 Å². The molecule has 1 aromatic carbocycles. The van der Waals surface area contributed by atoms with Gasteiger partial charge >= 0.3 is 0 Å². The Hall–Kier alpha value is -1.76. The number of thiophene rings is 1. The fourth-order valence-corrected chi connectivity index (χ4v) is 4.90. The zero-order valence-electron chi connectivity index (χ0n) is 12.6. The van der Waals surface area contributed by atoms with Crippen molar-refractivity contribution in [3.8, 4) is 0 Å². The van der Waals surface area contributed by atoms with Crippen molar-refractivity contribution in [2.24, 2.45) is 0 Å². The standard InChI is InChI=1S/C18H14BrN3S2/c19-15-10-9-14(24-15)17-16(13-8-4-5-11-20-13)21-18(23)22(17)12-6-2-1-3-7-12/h1-11,16-17H,(H,21,23)/t16-,17-/m1/s1. The first kappa shape index (κ1) is 15.7. The zero-order chi connectivity index (χ0) is 16.5. The summed E-state index contributed by atoms with van der Waals surface area (Å²) in [5, 5.41) is 4.19. The molecular formula is C18H14BrN3S2. The van der Waals surface area contributed by atoms with E-state index in [1.165, 1.54) is 4.88 Å². The minimum atomic E-state index is 0.0180. The largest absolute Gasteiger partial charge is 0.351 e. The van der Waals surface area contributed by atoms with Crippen molar-refractivity contribution >= 4 is 50.3 Å². The van der Waals surface area contributed by atoms with Crippen LogP contribution >= 0.6 is 39.5 Å². The number of hydrogen-bond acceptors (Lipinski definition) is 3. The minimum absolute atomic E-state index is 0.0180. The van der Waals surface area contributed by atoms with E-state index in [-0.39, 0.29) is 12.1 Å². The van der Waals surface area contributed by atoms with Crippen LogP contribution in [0.5, 0.6) is 0 Å². The number of para-hydroxylation sites is 1. The Morgan fingerprint density at radius 2 is 1.83 bits per heavy atom. The van der Waals surface area contributed by atoms with Crippen LogP contribution in [0.25, 0.3) is 0 Å². The Kier molecular flexibility index (Phi) is 4.35. The molecule has 1 aliphatic rings. The number of benzene rings is 1. The SMILES string of the molecule is S=C1N[C@H](c2ccccn2)[C@@H](c2ccc(Br)s2)N1c1ccccc1. The average Bonchev–Trinajstić information content (AvgIpc) is 3.19. The van der Waals surface area contributed by atoms with E-state index in [2.05, 4.69) is 55.4 Å². The molecule has 0 unspecified atom stereocenters. The molecule has 24 heavy (non-hydrogen) atoms. The number of pyridine rings is 1. The molecule has 0 bridgehead atoms. The molecule has 0 aliphatic carbocycles. The van der Waals surface area contributed by atoms with Crippen molar-refractivity contribution in [3.63, 3.8) is 0 Å². The van der Waals surface area contributed by atoms with Crippen LogP contribution < -0.4 is 10.2 Å². The van der Waals surface area contributed by atoms with Gasteiger partial charge < -0.3 is 10.2 Å². The molecular weight excluding hydrogens is 402 g/mol. The number of rotatable bonds is 3. The molecule has 3 aromatic rings. The maximum atomic E-state index is 5.66. The highest BCUT2D eigenvalue weighted by molar-refractivity contribution is 9.11. The van der Waals surface area contributed by atoms with Crippen molar-refractivity contribution in [1.82, 2.24) is 10.3 Å². The van der Waals surface area contributed by atoms with E-state index in [9.17, 15) is 0 Å². The first-order valence-electron chi connectivity index (χ1n) is 7.55. The van der Waals surface area contributed by atoms with Gasteiger partial charge in [0.25, 0.3) is 0 Å². The lowest BCUT2D eigenvalue weighted by molar-refractivity contribution is 0.575. The van der Waals surface area contributed by atoms with E-state index < -0.39 is 0 Å². The summed E-state index contributed by atoms with van der Waals surface area (Å²) in [6.07, 6.45) is 1.83. The average molecular weight is 416 g/mol. The Morgan fingerprint density at radius 1 is 1.04 bits per heavy atom. The molecule has 1 saturated heterocycles. The van der Waals surface area contributed by atoms with Crippen molar-refractivity contribution in [2.75, 3.05) is 4.90 Å².